The summed E-state index contributed by atoms with van der Waals surface area (Å²) in [6.45, 7) is 1.13. The molecule has 184 valence electrons. The third-order valence-electron chi connectivity index (χ3n) is 8.17. The van der Waals surface area contributed by atoms with Gasteiger partial charge in [0.2, 0.25) is 11.8 Å². The molecule has 35 heavy (non-hydrogen) atoms. The molecule has 1 spiro atoms. The van der Waals surface area contributed by atoms with Crippen molar-refractivity contribution in [2.24, 2.45) is 24.8 Å². The molecule has 0 bridgehead atoms. The Kier molecular flexibility index (Phi) is 5.40. The van der Waals surface area contributed by atoms with Gasteiger partial charge in [-0.15, -0.1) is 0 Å². The van der Waals surface area contributed by atoms with Crippen molar-refractivity contribution >= 4 is 29.1 Å². The molecule has 2 saturated carbocycles. The number of benzene rings is 1. The van der Waals surface area contributed by atoms with Crippen LogP contribution < -0.4 is 16.0 Å². The monoisotopic (exact) mass is 477 g/mol. The predicted molar refractivity (Wildman–Crippen MR) is 129 cm³/mol. The van der Waals surface area contributed by atoms with E-state index in [1.807, 2.05) is 18.2 Å². The van der Waals surface area contributed by atoms with Crippen molar-refractivity contribution in [3.8, 4) is 0 Å². The van der Waals surface area contributed by atoms with E-state index in [1.165, 1.54) is 4.68 Å². The Hall–Kier alpha value is -3.20. The highest BCUT2D eigenvalue weighted by Crippen LogP contribution is 2.51. The van der Waals surface area contributed by atoms with Gasteiger partial charge in [-0.05, 0) is 80.0 Å². The summed E-state index contributed by atoms with van der Waals surface area (Å²) in [4.78, 5) is 39.5. The van der Waals surface area contributed by atoms with Gasteiger partial charge < -0.3 is 20.7 Å². The fraction of sp³-hybridized carbons (Fsp3) is 0.538. The lowest BCUT2D eigenvalue weighted by molar-refractivity contribution is -0.124. The number of ether oxygens (including phenoxy) is 1. The second-order valence-electron chi connectivity index (χ2n) is 10.4. The van der Waals surface area contributed by atoms with Crippen molar-refractivity contribution in [3.05, 3.63) is 41.7 Å². The van der Waals surface area contributed by atoms with Crippen LogP contribution in [-0.4, -0.2) is 46.8 Å². The number of anilines is 2. The van der Waals surface area contributed by atoms with Crippen molar-refractivity contribution in [2.45, 2.75) is 50.0 Å². The SMILES string of the molecule is Cn1nccc1C(=O)N[C@H](C(=O)Nc1ccc2c(c1)NC(=O)C21CCOCC1)C(C1CC1)C1CC1. The van der Waals surface area contributed by atoms with Gasteiger partial charge in [0.25, 0.3) is 5.91 Å². The smallest absolute Gasteiger partial charge is 0.270 e. The number of nitrogens with zero attached hydrogens (tertiary/aromatic N) is 2. The van der Waals surface area contributed by atoms with Gasteiger partial charge in [-0.2, -0.15) is 5.10 Å². The van der Waals surface area contributed by atoms with Crippen molar-refractivity contribution in [2.75, 3.05) is 23.8 Å². The molecule has 2 aliphatic heterocycles. The van der Waals surface area contributed by atoms with Crippen LogP contribution in [0.15, 0.2) is 30.5 Å². The number of aromatic nitrogens is 2. The maximum atomic E-state index is 13.6. The van der Waals surface area contributed by atoms with E-state index in [4.69, 9.17) is 4.74 Å². The fourth-order valence-corrected chi connectivity index (χ4v) is 5.98. The molecule has 9 nitrogen and oxygen atoms in total. The van der Waals surface area contributed by atoms with Gasteiger partial charge in [-0.3, -0.25) is 19.1 Å². The second-order valence-corrected chi connectivity index (χ2v) is 10.4. The Morgan fingerprint density at radius 3 is 2.49 bits per heavy atom. The molecule has 3 N–H and O–H groups in total. The third-order valence-corrected chi connectivity index (χ3v) is 8.17. The molecule has 1 atom stereocenters. The number of nitrogens with one attached hydrogen (secondary N) is 3. The molecule has 4 aliphatic rings. The van der Waals surface area contributed by atoms with Gasteiger partial charge in [-0.25, -0.2) is 0 Å². The van der Waals surface area contributed by atoms with E-state index >= 15 is 0 Å². The summed E-state index contributed by atoms with van der Waals surface area (Å²) in [6, 6.07) is 6.66. The number of carbonyl (C=O) groups is 3. The number of amides is 3. The summed E-state index contributed by atoms with van der Waals surface area (Å²) in [5, 5.41) is 13.2. The molecule has 0 radical (unpaired) electrons. The Morgan fingerprint density at radius 2 is 1.86 bits per heavy atom. The first-order valence-corrected chi connectivity index (χ1v) is 12.6. The van der Waals surface area contributed by atoms with Crippen LogP contribution in [-0.2, 0) is 26.8 Å². The second kappa shape index (κ2) is 8.48. The van der Waals surface area contributed by atoms with Crippen LogP contribution in [0, 0.1) is 17.8 Å². The molecular weight excluding hydrogens is 446 g/mol. The zero-order valence-electron chi connectivity index (χ0n) is 19.9. The summed E-state index contributed by atoms with van der Waals surface area (Å²) >= 11 is 0. The van der Waals surface area contributed by atoms with Crippen LogP contribution in [0.25, 0.3) is 0 Å². The van der Waals surface area contributed by atoms with Crippen molar-refractivity contribution in [3.63, 3.8) is 0 Å². The number of hydrogen-bond acceptors (Lipinski definition) is 5. The van der Waals surface area contributed by atoms with E-state index in [1.54, 1.807) is 19.3 Å². The quantitative estimate of drug-likeness (QED) is 0.567. The molecule has 6 rings (SSSR count). The highest BCUT2D eigenvalue weighted by Gasteiger charge is 2.49. The summed E-state index contributed by atoms with van der Waals surface area (Å²) in [5.74, 6) is 0.569. The lowest BCUT2D eigenvalue weighted by Gasteiger charge is -2.31. The lowest BCUT2D eigenvalue weighted by atomic mass is 9.75. The largest absolute Gasteiger partial charge is 0.381 e. The molecular formula is C26H31N5O4. The predicted octanol–water partition coefficient (Wildman–Crippen LogP) is 2.59. The van der Waals surface area contributed by atoms with E-state index in [9.17, 15) is 14.4 Å². The average Bonchev–Trinajstić information content (AvgIpc) is 3.78. The number of carbonyl (C=O) groups excluding carboxylic acids is 3. The fourth-order valence-electron chi connectivity index (χ4n) is 5.98. The number of aryl methyl sites for hydroxylation is 1. The number of rotatable bonds is 7. The van der Waals surface area contributed by atoms with Crippen LogP contribution in [0.3, 0.4) is 0 Å². The normalized spacial score (nSPS) is 21.5. The Morgan fingerprint density at radius 1 is 1.14 bits per heavy atom. The maximum Gasteiger partial charge on any atom is 0.270 e. The molecule has 9 heteroatoms. The molecule has 0 unspecified atom stereocenters. The van der Waals surface area contributed by atoms with Gasteiger partial charge in [0.1, 0.15) is 11.7 Å². The van der Waals surface area contributed by atoms with Crippen LogP contribution in [0.2, 0.25) is 0 Å². The highest BCUT2D eigenvalue weighted by atomic mass is 16.5. The minimum absolute atomic E-state index is 0.00289. The first-order chi connectivity index (χ1) is 17.0. The van der Waals surface area contributed by atoms with Crippen molar-refractivity contribution in [1.82, 2.24) is 15.1 Å². The highest BCUT2D eigenvalue weighted by molar-refractivity contribution is 6.07. The first-order valence-electron chi connectivity index (χ1n) is 12.6. The van der Waals surface area contributed by atoms with Crippen LogP contribution in [0.5, 0.6) is 0 Å². The van der Waals surface area contributed by atoms with E-state index in [0.717, 1.165) is 36.9 Å². The van der Waals surface area contributed by atoms with Crippen LogP contribution in [0.4, 0.5) is 11.4 Å². The van der Waals surface area contributed by atoms with Gasteiger partial charge in [0, 0.05) is 37.8 Å². The Balaban J connectivity index is 1.24. The summed E-state index contributed by atoms with van der Waals surface area (Å²) in [6.07, 6.45) is 7.29. The Bertz CT molecular complexity index is 1160. The summed E-state index contributed by atoms with van der Waals surface area (Å²) in [7, 11) is 1.72. The maximum absolute atomic E-state index is 13.6. The molecule has 3 amide bonds. The first kappa shape index (κ1) is 22.3. The number of hydrogen-bond donors (Lipinski definition) is 3. The molecule has 3 heterocycles. The lowest BCUT2D eigenvalue weighted by Crippen LogP contribution is -2.50. The molecule has 2 aromatic rings. The summed E-state index contributed by atoms with van der Waals surface area (Å²) in [5.41, 5.74) is 2.21. The van der Waals surface area contributed by atoms with Gasteiger partial charge >= 0.3 is 0 Å². The van der Waals surface area contributed by atoms with Gasteiger partial charge in [0.05, 0.1) is 5.41 Å². The minimum atomic E-state index is -0.623. The van der Waals surface area contributed by atoms with E-state index in [2.05, 4.69) is 21.0 Å². The van der Waals surface area contributed by atoms with Gasteiger partial charge in [0.15, 0.2) is 0 Å². The third kappa shape index (κ3) is 4.01. The number of fused-ring (bicyclic) bond motifs is 2. The zero-order chi connectivity index (χ0) is 24.2. The van der Waals surface area contributed by atoms with E-state index in [0.29, 0.717) is 49.3 Å². The van der Waals surface area contributed by atoms with Crippen LogP contribution in [0.1, 0.15) is 54.6 Å². The molecule has 1 saturated heterocycles. The molecule has 1 aromatic carbocycles. The van der Waals surface area contributed by atoms with E-state index < -0.39 is 11.5 Å². The van der Waals surface area contributed by atoms with Gasteiger partial charge in [-0.1, -0.05) is 6.07 Å². The van der Waals surface area contributed by atoms with Crippen LogP contribution >= 0.6 is 0 Å². The van der Waals surface area contributed by atoms with E-state index in [-0.39, 0.29) is 23.6 Å². The standard InChI is InChI=1S/C26H31N5O4/c1-31-20(8-11-27-31)23(32)30-22(21(15-2-3-15)16-4-5-16)24(33)28-17-6-7-18-19(14-17)29-25(34)26(18)9-12-35-13-10-26/h6-8,11,14-16,21-22H,2-5,9-10,12-13H2,1H3,(H,28,33)(H,29,34)(H,30,32)/t22-/m0/s1. The summed E-state index contributed by atoms with van der Waals surface area (Å²) < 4.78 is 7.00. The average molecular weight is 478 g/mol. The molecule has 3 fully saturated rings. The molecule has 1 aromatic heterocycles. The Labute approximate surface area is 204 Å². The van der Waals surface area contributed by atoms with Crippen molar-refractivity contribution < 1.29 is 19.1 Å². The van der Waals surface area contributed by atoms with Crippen molar-refractivity contribution in [1.29, 1.82) is 0 Å². The zero-order valence-corrected chi connectivity index (χ0v) is 19.9. The topological polar surface area (TPSA) is 114 Å². The molecule has 2 aliphatic carbocycles. The minimum Gasteiger partial charge on any atom is -0.381 e.